The van der Waals surface area contributed by atoms with Crippen LogP contribution in [0.1, 0.15) is 25.7 Å². The van der Waals surface area contributed by atoms with Crippen LogP contribution in [-0.2, 0) is 9.59 Å². The summed E-state index contributed by atoms with van der Waals surface area (Å²) in [6.45, 7) is 4.57. The molecule has 3 rings (SSSR count). The maximum Gasteiger partial charge on any atom is 0.246 e. The average Bonchev–Trinajstić information content (AvgIpc) is 3.08. The number of hydrogen-bond acceptors (Lipinski definition) is 3. The summed E-state index contributed by atoms with van der Waals surface area (Å²) in [6.07, 6.45) is 3.95. The van der Waals surface area contributed by atoms with Gasteiger partial charge in [0, 0.05) is 30.2 Å². The van der Waals surface area contributed by atoms with Crippen LogP contribution in [0.25, 0.3) is 0 Å². The molecular weight excluding hydrogens is 326 g/mol. The van der Waals surface area contributed by atoms with Crippen LogP contribution < -0.4 is 4.90 Å². The van der Waals surface area contributed by atoms with Gasteiger partial charge in [0.25, 0.3) is 0 Å². The van der Waals surface area contributed by atoms with E-state index >= 15 is 0 Å². The first-order chi connectivity index (χ1) is 11.6. The minimum atomic E-state index is -0.0450. The lowest BCUT2D eigenvalue weighted by atomic mass is 10.2. The molecule has 0 saturated carbocycles. The van der Waals surface area contributed by atoms with E-state index in [4.69, 9.17) is 11.6 Å². The molecule has 0 bridgehead atoms. The lowest BCUT2D eigenvalue weighted by Gasteiger charge is -2.34. The van der Waals surface area contributed by atoms with E-state index in [9.17, 15) is 9.59 Å². The number of likely N-dealkylation sites (tertiary alicyclic amines) is 1. The smallest absolute Gasteiger partial charge is 0.246 e. The second-order valence-corrected chi connectivity index (χ2v) is 6.93. The minimum absolute atomic E-state index is 0.0450. The fourth-order valence-electron chi connectivity index (χ4n) is 3.42. The van der Waals surface area contributed by atoms with Gasteiger partial charge < -0.3 is 14.7 Å². The third-order valence-corrected chi connectivity index (χ3v) is 4.99. The minimum Gasteiger partial charge on any atom is -0.332 e. The molecule has 0 aliphatic carbocycles. The molecule has 5 nitrogen and oxygen atoms in total. The third kappa shape index (κ3) is 4.28. The first kappa shape index (κ1) is 17.2. The number of benzene rings is 1. The van der Waals surface area contributed by atoms with Crippen LogP contribution in [0.3, 0.4) is 0 Å². The molecule has 1 aromatic rings. The molecular formula is C18H24ClN3O2. The van der Waals surface area contributed by atoms with Gasteiger partial charge in [-0.15, -0.1) is 0 Å². The van der Waals surface area contributed by atoms with E-state index in [0.717, 1.165) is 31.7 Å². The highest BCUT2D eigenvalue weighted by atomic mass is 35.5. The normalized spacial score (nSPS) is 19.1. The van der Waals surface area contributed by atoms with Gasteiger partial charge >= 0.3 is 0 Å². The van der Waals surface area contributed by atoms with E-state index in [1.807, 2.05) is 12.1 Å². The fourth-order valence-corrected chi connectivity index (χ4v) is 3.61. The molecule has 0 unspecified atom stereocenters. The zero-order valence-electron chi connectivity index (χ0n) is 13.9. The zero-order chi connectivity index (χ0) is 16.9. The Morgan fingerprint density at radius 1 is 1.12 bits per heavy atom. The highest BCUT2D eigenvalue weighted by Crippen LogP contribution is 2.21. The van der Waals surface area contributed by atoms with Gasteiger partial charge in [-0.2, -0.15) is 0 Å². The summed E-state index contributed by atoms with van der Waals surface area (Å²) in [6, 6.07) is 7.28. The summed E-state index contributed by atoms with van der Waals surface area (Å²) in [5.74, 6) is 0.0460. The predicted octanol–water partition coefficient (Wildman–Crippen LogP) is 2.39. The maximum atomic E-state index is 12.4. The van der Waals surface area contributed by atoms with Crippen molar-refractivity contribution in [3.63, 3.8) is 0 Å². The molecule has 0 radical (unpaired) electrons. The Balaban J connectivity index is 1.47. The molecule has 2 aliphatic heterocycles. The number of amides is 2. The molecule has 0 aromatic heterocycles. The second kappa shape index (κ2) is 7.99. The lowest BCUT2D eigenvalue weighted by Crippen LogP contribution is -2.52. The van der Waals surface area contributed by atoms with Gasteiger partial charge in [-0.1, -0.05) is 17.7 Å². The number of anilines is 1. The van der Waals surface area contributed by atoms with E-state index in [-0.39, 0.29) is 18.4 Å². The van der Waals surface area contributed by atoms with E-state index in [2.05, 4.69) is 4.90 Å². The van der Waals surface area contributed by atoms with E-state index < -0.39 is 0 Å². The van der Waals surface area contributed by atoms with Crippen LogP contribution in [0, 0.1) is 0 Å². The van der Waals surface area contributed by atoms with E-state index in [1.165, 1.54) is 12.8 Å². The molecule has 2 amide bonds. The topological polar surface area (TPSA) is 43.9 Å². The Labute approximate surface area is 148 Å². The van der Waals surface area contributed by atoms with Crippen LogP contribution in [0.5, 0.6) is 0 Å². The fraction of sp³-hybridized carbons (Fsp3) is 0.556. The van der Waals surface area contributed by atoms with Crippen molar-refractivity contribution in [3.05, 3.63) is 29.3 Å². The first-order valence-electron chi connectivity index (χ1n) is 8.69. The van der Waals surface area contributed by atoms with Crippen LogP contribution in [0.2, 0.25) is 5.02 Å². The number of halogens is 1. The van der Waals surface area contributed by atoms with Crippen LogP contribution >= 0.6 is 11.6 Å². The van der Waals surface area contributed by atoms with Crippen molar-refractivity contribution in [3.8, 4) is 0 Å². The number of carbonyl (C=O) groups is 2. The van der Waals surface area contributed by atoms with Crippen molar-refractivity contribution in [1.29, 1.82) is 0 Å². The van der Waals surface area contributed by atoms with Crippen LogP contribution in [0.15, 0.2) is 24.3 Å². The standard InChI is InChI=1S/C18H24ClN3O2/c19-15-5-3-6-16(13-15)22-12-11-21(14-18(22)24)17(23)7-4-10-20-8-1-2-9-20/h3,5-6,13H,1-2,4,7-12,14H2. The number of rotatable bonds is 5. The summed E-state index contributed by atoms with van der Waals surface area (Å²) >= 11 is 6.00. The molecule has 0 N–H and O–H groups in total. The Morgan fingerprint density at radius 3 is 2.62 bits per heavy atom. The molecule has 24 heavy (non-hydrogen) atoms. The van der Waals surface area contributed by atoms with Gasteiger partial charge in [0.2, 0.25) is 11.8 Å². The number of carbonyl (C=O) groups excluding carboxylic acids is 2. The van der Waals surface area contributed by atoms with Crippen molar-refractivity contribution >= 4 is 29.1 Å². The molecule has 130 valence electrons. The monoisotopic (exact) mass is 349 g/mol. The summed E-state index contributed by atoms with van der Waals surface area (Å²) in [4.78, 5) is 30.5. The highest BCUT2D eigenvalue weighted by Gasteiger charge is 2.27. The number of piperazine rings is 1. The molecule has 6 heteroatoms. The highest BCUT2D eigenvalue weighted by molar-refractivity contribution is 6.30. The summed E-state index contributed by atoms with van der Waals surface area (Å²) in [5, 5.41) is 0.612. The van der Waals surface area contributed by atoms with E-state index in [1.54, 1.807) is 21.9 Å². The maximum absolute atomic E-state index is 12.4. The molecule has 0 atom stereocenters. The SMILES string of the molecule is O=C(CCCN1CCCC1)N1CCN(c2cccc(Cl)c2)C(=O)C1. The lowest BCUT2D eigenvalue weighted by molar-refractivity contribution is -0.137. The quantitative estimate of drug-likeness (QED) is 0.819. The van der Waals surface area contributed by atoms with Gasteiger partial charge in [-0.05, 0) is 57.1 Å². The Morgan fingerprint density at radius 2 is 1.92 bits per heavy atom. The third-order valence-electron chi connectivity index (χ3n) is 4.76. The molecule has 2 heterocycles. The van der Waals surface area contributed by atoms with Gasteiger partial charge in [0.15, 0.2) is 0 Å². The van der Waals surface area contributed by atoms with E-state index in [0.29, 0.717) is 24.5 Å². The zero-order valence-corrected chi connectivity index (χ0v) is 14.7. The van der Waals surface area contributed by atoms with Gasteiger partial charge in [-0.3, -0.25) is 9.59 Å². The average molecular weight is 350 g/mol. The molecule has 0 spiro atoms. The predicted molar refractivity (Wildman–Crippen MR) is 95.3 cm³/mol. The van der Waals surface area contributed by atoms with Crippen LogP contribution in [-0.4, -0.2) is 60.9 Å². The molecule has 1 aromatic carbocycles. The van der Waals surface area contributed by atoms with Crippen molar-refractivity contribution in [2.75, 3.05) is 44.2 Å². The Kier molecular flexibility index (Phi) is 5.74. The molecule has 2 saturated heterocycles. The van der Waals surface area contributed by atoms with Crippen molar-refractivity contribution < 1.29 is 9.59 Å². The number of nitrogens with zero attached hydrogens (tertiary/aromatic N) is 3. The Bertz CT molecular complexity index is 602. The number of hydrogen-bond donors (Lipinski definition) is 0. The molecule has 2 aliphatic rings. The van der Waals surface area contributed by atoms with Crippen molar-refractivity contribution in [2.24, 2.45) is 0 Å². The van der Waals surface area contributed by atoms with Crippen molar-refractivity contribution in [2.45, 2.75) is 25.7 Å². The summed E-state index contributed by atoms with van der Waals surface area (Å²) in [5.41, 5.74) is 0.800. The summed E-state index contributed by atoms with van der Waals surface area (Å²) < 4.78 is 0. The molecule has 2 fully saturated rings. The largest absolute Gasteiger partial charge is 0.332 e. The Hall–Kier alpha value is -1.59. The van der Waals surface area contributed by atoms with Crippen LogP contribution in [0.4, 0.5) is 5.69 Å². The van der Waals surface area contributed by atoms with Gasteiger partial charge in [-0.25, -0.2) is 0 Å². The van der Waals surface area contributed by atoms with Crippen molar-refractivity contribution in [1.82, 2.24) is 9.80 Å². The van der Waals surface area contributed by atoms with Gasteiger partial charge in [0.05, 0.1) is 0 Å². The second-order valence-electron chi connectivity index (χ2n) is 6.49. The van der Waals surface area contributed by atoms with Gasteiger partial charge in [0.1, 0.15) is 6.54 Å². The summed E-state index contributed by atoms with van der Waals surface area (Å²) in [7, 11) is 0. The first-order valence-corrected chi connectivity index (χ1v) is 9.07.